The van der Waals surface area contributed by atoms with Gasteiger partial charge in [0.15, 0.2) is 0 Å². The third kappa shape index (κ3) is 3.29. The van der Waals surface area contributed by atoms with E-state index in [-0.39, 0.29) is 11.9 Å². The zero-order valence-electron chi connectivity index (χ0n) is 10.7. The first kappa shape index (κ1) is 12.6. The van der Waals surface area contributed by atoms with Crippen molar-refractivity contribution in [3.8, 4) is 0 Å². The fraction of sp³-hybridized carbons (Fsp3) is 0.600. The Kier molecular flexibility index (Phi) is 4.16. The van der Waals surface area contributed by atoms with Gasteiger partial charge in [-0.05, 0) is 49.4 Å². The van der Waals surface area contributed by atoms with E-state index < -0.39 is 0 Å². The first-order valence-electron chi connectivity index (χ1n) is 6.65. The maximum Gasteiger partial charge on any atom is 0.123 e. The Labute approximate surface area is 103 Å². The number of rotatable bonds is 4. The lowest BCUT2D eigenvalue weighted by Crippen LogP contribution is -2.27. The summed E-state index contributed by atoms with van der Waals surface area (Å²) in [7, 11) is 0. The minimum atomic E-state index is -0.148. The zero-order valence-corrected chi connectivity index (χ0v) is 10.7. The summed E-state index contributed by atoms with van der Waals surface area (Å²) in [6.07, 6.45) is 4.06. The molecule has 1 saturated carbocycles. The smallest absolute Gasteiger partial charge is 0.123 e. The molecule has 1 aliphatic rings. The summed E-state index contributed by atoms with van der Waals surface area (Å²) in [5.74, 6) is 1.48. The van der Waals surface area contributed by atoms with Gasteiger partial charge in [0.25, 0.3) is 0 Å². The van der Waals surface area contributed by atoms with E-state index in [9.17, 15) is 4.39 Å². The molecule has 94 valence electrons. The van der Waals surface area contributed by atoms with E-state index in [0.29, 0.717) is 0 Å². The summed E-state index contributed by atoms with van der Waals surface area (Å²) < 4.78 is 13.1. The summed E-state index contributed by atoms with van der Waals surface area (Å²) in [4.78, 5) is 0. The molecule has 3 unspecified atom stereocenters. The van der Waals surface area contributed by atoms with Crippen molar-refractivity contribution in [2.24, 2.45) is 11.8 Å². The van der Waals surface area contributed by atoms with Crippen molar-refractivity contribution < 1.29 is 4.39 Å². The molecule has 0 heterocycles. The Morgan fingerprint density at radius 1 is 1.41 bits per heavy atom. The second-order valence-electron chi connectivity index (χ2n) is 5.35. The van der Waals surface area contributed by atoms with Gasteiger partial charge in [-0.1, -0.05) is 31.9 Å². The molecule has 3 atom stereocenters. The predicted molar refractivity (Wildman–Crippen MR) is 69.3 cm³/mol. The summed E-state index contributed by atoms with van der Waals surface area (Å²) >= 11 is 0. The Balaban J connectivity index is 1.86. The topological polar surface area (TPSA) is 12.0 Å². The molecule has 0 radical (unpaired) electrons. The van der Waals surface area contributed by atoms with Crippen LogP contribution >= 0.6 is 0 Å². The average molecular weight is 235 g/mol. The fourth-order valence-electron chi connectivity index (χ4n) is 2.75. The Morgan fingerprint density at radius 2 is 2.24 bits per heavy atom. The molecule has 1 aromatic carbocycles. The van der Waals surface area contributed by atoms with Crippen LogP contribution in [0.4, 0.5) is 4.39 Å². The van der Waals surface area contributed by atoms with Gasteiger partial charge in [0.05, 0.1) is 0 Å². The quantitative estimate of drug-likeness (QED) is 0.834. The van der Waals surface area contributed by atoms with Crippen molar-refractivity contribution in [1.29, 1.82) is 0 Å². The standard InChI is InChI=1S/C15H22FN/c1-11-5-3-7-14(11)10-17-12(2)13-6-4-8-15(16)9-13/h4,6,8-9,11-12,14,17H,3,5,7,10H2,1-2H3. The zero-order chi connectivity index (χ0) is 12.3. The number of halogens is 1. The van der Waals surface area contributed by atoms with E-state index in [1.807, 2.05) is 6.07 Å². The highest BCUT2D eigenvalue weighted by Crippen LogP contribution is 2.30. The van der Waals surface area contributed by atoms with E-state index in [2.05, 4.69) is 19.2 Å². The van der Waals surface area contributed by atoms with Crippen LogP contribution in [0.5, 0.6) is 0 Å². The monoisotopic (exact) mass is 235 g/mol. The SMILES string of the molecule is CC(NCC1CCCC1C)c1cccc(F)c1. The Hall–Kier alpha value is -0.890. The number of nitrogens with one attached hydrogen (secondary N) is 1. The second kappa shape index (κ2) is 5.63. The number of hydrogen-bond donors (Lipinski definition) is 1. The molecule has 2 heteroatoms. The highest BCUT2D eigenvalue weighted by molar-refractivity contribution is 5.19. The van der Waals surface area contributed by atoms with Crippen molar-refractivity contribution in [2.75, 3.05) is 6.54 Å². The van der Waals surface area contributed by atoms with E-state index in [1.54, 1.807) is 12.1 Å². The largest absolute Gasteiger partial charge is 0.310 e. The highest BCUT2D eigenvalue weighted by atomic mass is 19.1. The van der Waals surface area contributed by atoms with E-state index in [1.165, 1.54) is 25.3 Å². The molecule has 1 aromatic rings. The fourth-order valence-corrected chi connectivity index (χ4v) is 2.75. The van der Waals surface area contributed by atoms with Gasteiger partial charge in [0, 0.05) is 6.04 Å². The molecule has 17 heavy (non-hydrogen) atoms. The third-order valence-electron chi connectivity index (χ3n) is 4.07. The summed E-state index contributed by atoms with van der Waals surface area (Å²) in [5.41, 5.74) is 1.04. The summed E-state index contributed by atoms with van der Waals surface area (Å²) in [6.45, 7) is 5.50. The van der Waals surface area contributed by atoms with Gasteiger partial charge in [-0.15, -0.1) is 0 Å². The molecular weight excluding hydrogens is 213 g/mol. The first-order valence-corrected chi connectivity index (χ1v) is 6.65. The second-order valence-corrected chi connectivity index (χ2v) is 5.35. The molecule has 2 rings (SSSR count). The summed E-state index contributed by atoms with van der Waals surface area (Å²) in [6, 6.07) is 7.11. The molecule has 1 aliphatic carbocycles. The van der Waals surface area contributed by atoms with Gasteiger partial charge in [0.2, 0.25) is 0 Å². The minimum absolute atomic E-state index is 0.148. The van der Waals surface area contributed by atoms with Crippen LogP contribution in [-0.4, -0.2) is 6.54 Å². The molecule has 0 amide bonds. The van der Waals surface area contributed by atoms with Crippen LogP contribution in [0.25, 0.3) is 0 Å². The van der Waals surface area contributed by atoms with Crippen molar-refractivity contribution in [3.05, 3.63) is 35.6 Å². The van der Waals surface area contributed by atoms with Gasteiger partial charge in [-0.3, -0.25) is 0 Å². The average Bonchev–Trinajstić information content (AvgIpc) is 2.72. The number of hydrogen-bond acceptors (Lipinski definition) is 1. The molecule has 0 spiro atoms. The molecular formula is C15H22FN. The Bertz CT molecular complexity index is 364. The normalized spacial score (nSPS) is 26.1. The van der Waals surface area contributed by atoms with Crippen LogP contribution in [0, 0.1) is 17.7 Å². The minimum Gasteiger partial charge on any atom is -0.310 e. The van der Waals surface area contributed by atoms with E-state index >= 15 is 0 Å². The molecule has 0 aliphatic heterocycles. The molecule has 1 fully saturated rings. The van der Waals surface area contributed by atoms with Gasteiger partial charge < -0.3 is 5.32 Å². The lowest BCUT2D eigenvalue weighted by Gasteiger charge is -2.20. The van der Waals surface area contributed by atoms with Gasteiger partial charge in [-0.2, -0.15) is 0 Å². The van der Waals surface area contributed by atoms with Crippen LogP contribution in [0.15, 0.2) is 24.3 Å². The first-order chi connectivity index (χ1) is 8.16. The van der Waals surface area contributed by atoms with Crippen LogP contribution in [0.2, 0.25) is 0 Å². The molecule has 0 saturated heterocycles. The molecule has 0 bridgehead atoms. The van der Waals surface area contributed by atoms with Crippen LogP contribution in [0.3, 0.4) is 0 Å². The maximum absolute atomic E-state index is 13.1. The van der Waals surface area contributed by atoms with Crippen LogP contribution in [0.1, 0.15) is 44.7 Å². The Morgan fingerprint density at radius 3 is 2.88 bits per heavy atom. The maximum atomic E-state index is 13.1. The van der Waals surface area contributed by atoms with Crippen molar-refractivity contribution in [2.45, 2.75) is 39.2 Å². The lowest BCUT2D eigenvalue weighted by molar-refractivity contribution is 0.374. The van der Waals surface area contributed by atoms with Crippen LogP contribution in [-0.2, 0) is 0 Å². The highest BCUT2D eigenvalue weighted by Gasteiger charge is 2.23. The van der Waals surface area contributed by atoms with Crippen molar-refractivity contribution in [1.82, 2.24) is 5.32 Å². The number of benzene rings is 1. The predicted octanol–water partition coefficient (Wildman–Crippen LogP) is 3.91. The molecule has 1 nitrogen and oxygen atoms in total. The summed E-state index contributed by atoms with van der Waals surface area (Å²) in [5, 5.41) is 3.53. The van der Waals surface area contributed by atoms with Gasteiger partial charge in [-0.25, -0.2) is 4.39 Å². The van der Waals surface area contributed by atoms with Crippen molar-refractivity contribution in [3.63, 3.8) is 0 Å². The molecule has 1 N–H and O–H groups in total. The van der Waals surface area contributed by atoms with E-state index in [4.69, 9.17) is 0 Å². The third-order valence-corrected chi connectivity index (χ3v) is 4.07. The van der Waals surface area contributed by atoms with E-state index in [0.717, 1.165) is 23.9 Å². The van der Waals surface area contributed by atoms with Gasteiger partial charge >= 0.3 is 0 Å². The lowest BCUT2D eigenvalue weighted by atomic mass is 9.97. The van der Waals surface area contributed by atoms with Crippen LogP contribution < -0.4 is 5.32 Å². The van der Waals surface area contributed by atoms with Crippen molar-refractivity contribution >= 4 is 0 Å². The molecule has 0 aromatic heterocycles. The van der Waals surface area contributed by atoms with Gasteiger partial charge in [0.1, 0.15) is 5.82 Å².